The normalized spacial score (nSPS) is 21.0. The van der Waals surface area contributed by atoms with E-state index in [0.717, 1.165) is 50.8 Å². The maximum atomic E-state index is 14.7. The number of phenols is 1. The van der Waals surface area contributed by atoms with Crippen LogP contribution >= 0.6 is 0 Å². The molecule has 3 aliphatic heterocycles. The Labute approximate surface area is 376 Å². The van der Waals surface area contributed by atoms with E-state index in [1.165, 1.54) is 5.01 Å². The van der Waals surface area contributed by atoms with Crippen LogP contribution in [0.4, 0.5) is 0 Å². The van der Waals surface area contributed by atoms with Crippen molar-refractivity contribution in [3.63, 3.8) is 0 Å². The van der Waals surface area contributed by atoms with E-state index in [9.17, 15) is 29.4 Å². The molecule has 0 spiro atoms. The third-order valence-electron chi connectivity index (χ3n) is 13.0. The van der Waals surface area contributed by atoms with Gasteiger partial charge in [-0.3, -0.25) is 34.1 Å². The number of methoxy groups -OCH3 is 1. The fourth-order valence-corrected chi connectivity index (χ4v) is 10.0. The van der Waals surface area contributed by atoms with Crippen molar-refractivity contribution in [2.45, 2.75) is 98.0 Å². The number of rotatable bonds is 11. The zero-order valence-corrected chi connectivity index (χ0v) is 38.4. The fraction of sp³-hybridized carbons (Fsp3) is 0.531. The van der Waals surface area contributed by atoms with Gasteiger partial charge < -0.3 is 34.5 Å². The van der Waals surface area contributed by atoms with Crippen LogP contribution < -0.4 is 10.7 Å². The Balaban J connectivity index is 1.29. The zero-order valence-electron chi connectivity index (χ0n) is 38.4. The molecule has 3 amide bonds. The SMILES string of the molecule is CCn1c(-c2cnccc2COC)c2c3cc(ccc31)-c1cc(O)cc(c1)C[C@H](NC(=O)[C@H](C(C)C)N(C)C[C@H]1CCN(C(=O)CO)C1)C(=O)N1CCC[C@H](N1)C(=O)OCC(C)(C)C2. The summed E-state index contributed by atoms with van der Waals surface area (Å²) in [5, 5.41) is 26.3. The van der Waals surface area contributed by atoms with Gasteiger partial charge in [-0.25, -0.2) is 5.43 Å². The predicted octanol–water partition coefficient (Wildman–Crippen LogP) is 4.69. The number of ether oxygens (including phenoxy) is 2. The van der Waals surface area contributed by atoms with Crippen molar-refractivity contribution in [1.29, 1.82) is 0 Å². The summed E-state index contributed by atoms with van der Waals surface area (Å²) in [6, 6.07) is 11.1. The summed E-state index contributed by atoms with van der Waals surface area (Å²) in [5.74, 6) is -1.48. The van der Waals surface area contributed by atoms with Gasteiger partial charge in [0.1, 0.15) is 24.4 Å². The van der Waals surface area contributed by atoms with Crippen molar-refractivity contribution in [1.82, 2.24) is 35.1 Å². The maximum absolute atomic E-state index is 14.7. The minimum absolute atomic E-state index is 0.0243. The van der Waals surface area contributed by atoms with Crippen LogP contribution in [0.25, 0.3) is 33.3 Å². The number of benzene rings is 2. The fourth-order valence-electron chi connectivity index (χ4n) is 10.0. The molecule has 2 aromatic carbocycles. The number of hydrogen-bond acceptors (Lipinski definition) is 11. The number of fused-ring (bicyclic) bond motifs is 6. The van der Waals surface area contributed by atoms with Crippen molar-refractivity contribution in [3.05, 3.63) is 71.5 Å². The van der Waals surface area contributed by atoms with E-state index in [4.69, 9.17) is 9.47 Å². The van der Waals surface area contributed by atoms with Crippen molar-refractivity contribution in [3.8, 4) is 28.1 Å². The quantitative estimate of drug-likeness (QED) is 0.154. The van der Waals surface area contributed by atoms with Gasteiger partial charge in [0.15, 0.2) is 0 Å². The van der Waals surface area contributed by atoms with Gasteiger partial charge >= 0.3 is 5.97 Å². The number of esters is 1. The third-order valence-corrected chi connectivity index (χ3v) is 13.0. The summed E-state index contributed by atoms with van der Waals surface area (Å²) in [7, 11) is 3.56. The summed E-state index contributed by atoms with van der Waals surface area (Å²) in [4.78, 5) is 63.4. The Morgan fingerprint density at radius 3 is 2.62 bits per heavy atom. The van der Waals surface area contributed by atoms with Crippen molar-refractivity contribution in [2.24, 2.45) is 17.3 Å². The lowest BCUT2D eigenvalue weighted by atomic mass is 9.84. The van der Waals surface area contributed by atoms with E-state index in [-0.39, 0.29) is 42.4 Å². The van der Waals surface area contributed by atoms with Crippen LogP contribution in [0.2, 0.25) is 0 Å². The lowest BCUT2D eigenvalue weighted by Crippen LogP contribution is -2.62. The number of likely N-dealkylation sites (tertiary alicyclic amines) is 1. The molecule has 7 rings (SSSR count). The molecule has 2 saturated heterocycles. The highest BCUT2D eigenvalue weighted by Crippen LogP contribution is 2.41. The van der Waals surface area contributed by atoms with Crippen molar-refractivity contribution in [2.75, 3.05) is 53.6 Å². The van der Waals surface area contributed by atoms with Gasteiger partial charge in [-0.2, -0.15) is 0 Å². The average molecular weight is 880 g/mol. The van der Waals surface area contributed by atoms with E-state index >= 15 is 0 Å². The second kappa shape index (κ2) is 19.8. The number of aliphatic hydroxyl groups excluding tert-OH is 1. The smallest absolute Gasteiger partial charge is 0.324 e. The third kappa shape index (κ3) is 10.1. The Morgan fingerprint density at radius 2 is 1.89 bits per heavy atom. The summed E-state index contributed by atoms with van der Waals surface area (Å²) < 4.78 is 14.0. The number of carbonyl (C=O) groups excluding carboxylic acids is 4. The summed E-state index contributed by atoms with van der Waals surface area (Å²) in [6.45, 7) is 12.8. The van der Waals surface area contributed by atoms with Gasteiger partial charge in [0.05, 0.1) is 24.9 Å². The molecular formula is C49H65N7O8. The van der Waals surface area contributed by atoms with Gasteiger partial charge in [0.2, 0.25) is 11.8 Å². The molecule has 4 atom stereocenters. The van der Waals surface area contributed by atoms with E-state index < -0.39 is 42.0 Å². The minimum Gasteiger partial charge on any atom is -0.508 e. The molecule has 0 unspecified atom stereocenters. The number of aliphatic hydroxyl groups is 1. The average Bonchev–Trinajstić information content (AvgIpc) is 3.86. The van der Waals surface area contributed by atoms with E-state index in [2.05, 4.69) is 53.2 Å². The van der Waals surface area contributed by atoms with Crippen LogP contribution in [-0.4, -0.2) is 130 Å². The monoisotopic (exact) mass is 879 g/mol. The highest BCUT2D eigenvalue weighted by molar-refractivity contribution is 5.96. The number of nitrogens with zero attached hydrogens (tertiary/aromatic N) is 5. The molecule has 344 valence electrons. The first-order chi connectivity index (χ1) is 30.6. The summed E-state index contributed by atoms with van der Waals surface area (Å²) in [5.41, 5.74) is 9.98. The number of nitrogens with one attached hydrogen (secondary N) is 2. The standard InChI is InChI=1S/C49H65N7O8/c1-8-55-42-12-11-33-22-37(42)38(45(55)39-24-50-15-13-34(39)28-63-7)23-49(4,5)29-64-48(62)40-10-9-16-56(52-40)47(61)41(20-32-18-35(33)21-36(58)19-32)51-46(60)44(30(2)3)53(6)25-31-14-17-54(26-31)43(59)27-57/h11-13,15,18-19,21-22,24,30-31,40-41,44,52,57-58H,8-10,14,16-17,20,23,25-29H2,1-7H3,(H,51,60)/t31-,40+,41+,44+/m1/s1. The Bertz CT molecular complexity index is 2360. The number of cyclic esters (lactones) is 1. The number of phenolic OH excluding ortho intramolecular Hbond substituents is 1. The van der Waals surface area contributed by atoms with Gasteiger partial charge in [-0.05, 0) is 110 Å². The lowest BCUT2D eigenvalue weighted by Gasteiger charge is -2.37. The van der Waals surface area contributed by atoms with Gasteiger partial charge in [-0.15, -0.1) is 0 Å². The first-order valence-corrected chi connectivity index (χ1v) is 22.6. The largest absolute Gasteiger partial charge is 0.508 e. The molecule has 64 heavy (non-hydrogen) atoms. The minimum atomic E-state index is -1.06. The van der Waals surface area contributed by atoms with Crippen molar-refractivity contribution >= 4 is 34.6 Å². The molecular weight excluding hydrogens is 815 g/mol. The molecule has 5 heterocycles. The molecule has 3 aliphatic rings. The number of likely N-dealkylation sites (N-methyl/N-ethyl adjacent to an activating group) is 1. The van der Waals surface area contributed by atoms with Gasteiger partial charge in [0, 0.05) is 80.5 Å². The number of amides is 3. The number of hydrogen-bond donors (Lipinski definition) is 4. The Kier molecular flexibility index (Phi) is 14.4. The number of pyridine rings is 1. The molecule has 2 aromatic heterocycles. The molecule has 4 aromatic rings. The molecule has 0 radical (unpaired) electrons. The van der Waals surface area contributed by atoms with E-state index in [0.29, 0.717) is 64.2 Å². The van der Waals surface area contributed by atoms with E-state index in [1.54, 1.807) is 30.3 Å². The molecule has 15 heteroatoms. The number of carbonyl (C=O) groups is 4. The van der Waals surface area contributed by atoms with Crippen LogP contribution in [0.3, 0.4) is 0 Å². The first-order valence-electron chi connectivity index (χ1n) is 22.6. The summed E-state index contributed by atoms with van der Waals surface area (Å²) in [6.07, 6.45) is 6.06. The highest BCUT2D eigenvalue weighted by atomic mass is 16.5. The molecule has 15 nitrogen and oxygen atoms in total. The second-order valence-electron chi connectivity index (χ2n) is 19.0. The van der Waals surface area contributed by atoms with Crippen molar-refractivity contribution < 1.29 is 38.9 Å². The molecule has 2 fully saturated rings. The number of aryl methyl sites for hydroxylation is 1. The Morgan fingerprint density at radius 1 is 1.09 bits per heavy atom. The molecule has 0 aliphatic carbocycles. The second-order valence-corrected chi connectivity index (χ2v) is 19.0. The predicted molar refractivity (Wildman–Crippen MR) is 244 cm³/mol. The number of hydrazine groups is 1. The maximum Gasteiger partial charge on any atom is 0.324 e. The highest BCUT2D eigenvalue weighted by Gasteiger charge is 2.38. The lowest BCUT2D eigenvalue weighted by molar-refractivity contribution is -0.155. The van der Waals surface area contributed by atoms with Gasteiger partial charge in [-0.1, -0.05) is 39.8 Å². The van der Waals surface area contributed by atoms with Crippen LogP contribution in [0.5, 0.6) is 5.75 Å². The topological polar surface area (TPSA) is 179 Å². The van der Waals surface area contributed by atoms with E-state index in [1.807, 2.05) is 50.2 Å². The summed E-state index contributed by atoms with van der Waals surface area (Å²) >= 11 is 0. The number of aromatic hydroxyl groups is 1. The zero-order chi connectivity index (χ0) is 45.9. The molecule has 0 saturated carbocycles. The van der Waals surface area contributed by atoms with Crippen LogP contribution in [0, 0.1) is 17.3 Å². The Hall–Kier alpha value is -5.35. The number of aromatic nitrogens is 2. The van der Waals surface area contributed by atoms with Gasteiger partial charge in [0.25, 0.3) is 5.91 Å². The van der Waals surface area contributed by atoms with Crippen LogP contribution in [0.1, 0.15) is 70.6 Å². The van der Waals surface area contributed by atoms with Crippen LogP contribution in [-0.2, 0) is 54.6 Å². The molecule has 6 bridgehead atoms. The first kappa shape index (κ1) is 46.6. The van der Waals surface area contributed by atoms with Crippen LogP contribution in [0.15, 0.2) is 54.9 Å². The molecule has 4 N–H and O–H groups in total.